The summed E-state index contributed by atoms with van der Waals surface area (Å²) in [6.07, 6.45) is 3.32. The molecule has 3 aromatic heterocycles. The van der Waals surface area contributed by atoms with Gasteiger partial charge in [-0.1, -0.05) is 0 Å². The number of rotatable bonds is 7. The number of aryl methyl sites for hydroxylation is 1. The molecule has 1 fully saturated rings. The number of alkyl halides is 3. The molecule has 42 heavy (non-hydrogen) atoms. The number of benzene rings is 1. The Morgan fingerprint density at radius 2 is 1.88 bits per heavy atom. The summed E-state index contributed by atoms with van der Waals surface area (Å²) >= 11 is 0. The third kappa shape index (κ3) is 5.53. The monoisotopic (exact) mass is 598 g/mol. The van der Waals surface area contributed by atoms with Crippen molar-refractivity contribution in [2.45, 2.75) is 55.8 Å². The molecule has 1 amide bonds. The number of carbonyl (C=O) groups excluding carboxylic acids is 1. The normalized spacial score (nSPS) is 18.0. The van der Waals surface area contributed by atoms with Gasteiger partial charge in [0.1, 0.15) is 5.75 Å². The third-order valence-corrected chi connectivity index (χ3v) is 9.01. The van der Waals surface area contributed by atoms with Crippen LogP contribution in [0.1, 0.15) is 51.6 Å². The molecular formula is C29H25F3N4O5S. The molecule has 1 atom stereocenters. The van der Waals surface area contributed by atoms with Crippen LogP contribution in [0.25, 0.3) is 22.3 Å². The van der Waals surface area contributed by atoms with Gasteiger partial charge in [-0.15, -0.1) is 0 Å². The maximum Gasteiger partial charge on any atom is 0.387 e. The minimum atomic E-state index is -4.30. The van der Waals surface area contributed by atoms with Gasteiger partial charge in [0, 0.05) is 23.1 Å². The molecule has 0 radical (unpaired) electrons. The lowest BCUT2D eigenvalue weighted by Gasteiger charge is -2.13. The number of nitrogens with zero attached hydrogens (tertiary/aromatic N) is 3. The Morgan fingerprint density at radius 3 is 2.64 bits per heavy atom. The van der Waals surface area contributed by atoms with E-state index in [2.05, 4.69) is 25.0 Å². The summed E-state index contributed by atoms with van der Waals surface area (Å²) in [5.74, 6) is -0.406. The molecule has 9 nitrogen and oxygen atoms in total. The molecule has 4 aromatic rings. The lowest BCUT2D eigenvalue weighted by atomic mass is 10.0. The molecule has 0 spiro atoms. The topological polar surface area (TPSA) is 120 Å². The summed E-state index contributed by atoms with van der Waals surface area (Å²) in [6, 6.07) is 11.1. The number of fused-ring (bicyclic) bond motifs is 2. The number of nitrogens with one attached hydrogen (secondary N) is 1. The minimum Gasteiger partial charge on any atom is -0.433 e. The molecule has 1 saturated carbocycles. The van der Waals surface area contributed by atoms with Gasteiger partial charge in [-0.3, -0.25) is 9.78 Å². The molecular weight excluding hydrogens is 573 g/mol. The van der Waals surface area contributed by atoms with Crippen LogP contribution >= 0.6 is 0 Å². The van der Waals surface area contributed by atoms with E-state index in [0.717, 1.165) is 18.2 Å². The number of amides is 1. The second kappa shape index (κ2) is 11.0. The van der Waals surface area contributed by atoms with Crippen LogP contribution in [0.2, 0.25) is 0 Å². The number of hydrogen-bond donors (Lipinski definition) is 1. The maximum absolute atomic E-state index is 14.3. The number of carbonyl (C=O) groups is 1. The van der Waals surface area contributed by atoms with E-state index in [1.54, 1.807) is 31.3 Å². The van der Waals surface area contributed by atoms with Gasteiger partial charge < -0.3 is 14.8 Å². The minimum absolute atomic E-state index is 0.0160. The Hall–Kier alpha value is -4.10. The highest BCUT2D eigenvalue weighted by Gasteiger charge is 2.34. The first-order chi connectivity index (χ1) is 20.1. The summed E-state index contributed by atoms with van der Waals surface area (Å²) in [5.41, 5.74) is 1.30. The zero-order chi connectivity index (χ0) is 29.6. The molecule has 1 aliphatic carbocycles. The van der Waals surface area contributed by atoms with E-state index in [0.29, 0.717) is 39.4 Å². The van der Waals surface area contributed by atoms with Gasteiger partial charge in [0.05, 0.1) is 52.9 Å². The largest absolute Gasteiger partial charge is 0.433 e. The van der Waals surface area contributed by atoms with Crippen LogP contribution in [0, 0.1) is 6.92 Å². The van der Waals surface area contributed by atoms with E-state index in [1.807, 2.05) is 6.07 Å². The Bertz CT molecular complexity index is 1820. The molecule has 1 N–H and O–H groups in total. The molecule has 218 valence electrons. The number of ether oxygens (including phenoxy) is 2. The molecule has 13 heteroatoms. The first-order valence-corrected chi connectivity index (χ1v) is 14.7. The molecule has 0 unspecified atom stereocenters. The first-order valence-electron chi connectivity index (χ1n) is 13.2. The van der Waals surface area contributed by atoms with Crippen molar-refractivity contribution in [2.24, 2.45) is 0 Å². The summed E-state index contributed by atoms with van der Waals surface area (Å²) in [7, 11) is -4.30. The van der Waals surface area contributed by atoms with E-state index >= 15 is 0 Å². The maximum atomic E-state index is 14.3. The number of aromatic nitrogens is 3. The fourth-order valence-corrected chi connectivity index (χ4v) is 6.26. The van der Waals surface area contributed by atoms with E-state index in [4.69, 9.17) is 4.74 Å². The highest BCUT2D eigenvalue weighted by atomic mass is 32.2. The van der Waals surface area contributed by atoms with Crippen molar-refractivity contribution in [1.82, 2.24) is 20.3 Å². The molecule has 1 aromatic carbocycles. The second-order valence-electron chi connectivity index (χ2n) is 10.2. The van der Waals surface area contributed by atoms with Gasteiger partial charge in [-0.05, 0) is 73.4 Å². The second-order valence-corrected chi connectivity index (χ2v) is 12.3. The van der Waals surface area contributed by atoms with Crippen molar-refractivity contribution in [3.8, 4) is 17.1 Å². The van der Waals surface area contributed by atoms with Crippen molar-refractivity contribution < 1.29 is 35.9 Å². The Morgan fingerprint density at radius 1 is 1.12 bits per heavy atom. The lowest BCUT2D eigenvalue weighted by molar-refractivity contribution is -0.0507. The molecule has 1 aliphatic heterocycles. The summed E-state index contributed by atoms with van der Waals surface area (Å²) in [6.45, 7) is -1.92. The van der Waals surface area contributed by atoms with Gasteiger partial charge in [0.2, 0.25) is 15.3 Å². The fourth-order valence-electron chi connectivity index (χ4n) is 4.86. The van der Waals surface area contributed by atoms with Crippen molar-refractivity contribution in [1.29, 1.82) is 0 Å². The zero-order valence-corrected chi connectivity index (χ0v) is 23.1. The van der Waals surface area contributed by atoms with Crippen molar-refractivity contribution in [3.05, 3.63) is 76.7 Å². The Kier molecular flexibility index (Phi) is 7.31. The van der Waals surface area contributed by atoms with E-state index in [9.17, 15) is 26.4 Å². The Labute approximate surface area is 239 Å². The van der Waals surface area contributed by atoms with Gasteiger partial charge >= 0.3 is 6.61 Å². The Balaban J connectivity index is 1.23. The van der Waals surface area contributed by atoms with Crippen LogP contribution in [-0.4, -0.2) is 48.0 Å². The molecule has 6 rings (SSSR count). The zero-order valence-electron chi connectivity index (χ0n) is 22.3. The SMILES string of the molecule is Cc1cc(C(=O)NCc2cc3nc(-c4ccc(OC(F)F)c(C5CC5)n4)ccc3cn2)cc2c1COC[C@H](F)S2(=O)=O. The predicted molar refractivity (Wildman–Crippen MR) is 145 cm³/mol. The third-order valence-electron chi connectivity index (χ3n) is 7.22. The number of halogens is 3. The highest BCUT2D eigenvalue weighted by molar-refractivity contribution is 7.92. The van der Waals surface area contributed by atoms with Crippen molar-refractivity contribution in [2.75, 3.05) is 6.61 Å². The van der Waals surface area contributed by atoms with Crippen molar-refractivity contribution >= 4 is 26.6 Å². The van der Waals surface area contributed by atoms with E-state index in [-0.39, 0.29) is 35.3 Å². The first kappa shape index (κ1) is 28.0. The van der Waals surface area contributed by atoms with Crippen LogP contribution in [-0.2, 0) is 27.7 Å². The number of sulfone groups is 1. The van der Waals surface area contributed by atoms with Crippen LogP contribution in [0.15, 0.2) is 53.6 Å². The summed E-state index contributed by atoms with van der Waals surface area (Å²) in [5, 5.41) is 3.47. The van der Waals surface area contributed by atoms with Crippen LogP contribution in [0.5, 0.6) is 5.75 Å². The molecule has 0 saturated heterocycles. The average Bonchev–Trinajstić information content (AvgIpc) is 3.82. The number of hydrogen-bond acceptors (Lipinski definition) is 8. The van der Waals surface area contributed by atoms with Crippen LogP contribution in [0.3, 0.4) is 0 Å². The molecule has 4 heterocycles. The smallest absolute Gasteiger partial charge is 0.387 e. The summed E-state index contributed by atoms with van der Waals surface area (Å²) in [4.78, 5) is 26.4. The predicted octanol–water partition coefficient (Wildman–Crippen LogP) is 5.01. The molecule has 2 aliphatic rings. The standard InChI is InChI=1S/C29H25F3N4O5S/c1-15-8-18(9-25-20(15)13-40-14-26(30)42(25,38)39)28(37)34-12-19-10-23-17(11-33-19)4-5-21(35-23)22-6-7-24(41-29(31)32)27(36-22)16-2-3-16/h4-11,16,26,29H,2-3,12-14H2,1H3,(H,34,37)/t26-/m1/s1. The fraction of sp³-hybridized carbons (Fsp3) is 0.310. The molecule has 0 bridgehead atoms. The van der Waals surface area contributed by atoms with E-state index < -0.39 is 34.5 Å². The van der Waals surface area contributed by atoms with Crippen LogP contribution in [0.4, 0.5) is 13.2 Å². The van der Waals surface area contributed by atoms with Crippen LogP contribution < -0.4 is 10.1 Å². The summed E-state index contributed by atoms with van der Waals surface area (Å²) < 4.78 is 75.0. The lowest BCUT2D eigenvalue weighted by Crippen LogP contribution is -2.25. The van der Waals surface area contributed by atoms with Gasteiger partial charge in [0.15, 0.2) is 0 Å². The van der Waals surface area contributed by atoms with E-state index in [1.165, 1.54) is 18.2 Å². The highest BCUT2D eigenvalue weighted by Crippen LogP contribution is 2.44. The number of pyridine rings is 3. The average molecular weight is 599 g/mol. The van der Waals surface area contributed by atoms with Crippen molar-refractivity contribution in [3.63, 3.8) is 0 Å². The van der Waals surface area contributed by atoms with Gasteiger partial charge in [-0.25, -0.2) is 22.8 Å². The van der Waals surface area contributed by atoms with Gasteiger partial charge in [0.25, 0.3) is 5.91 Å². The quantitative estimate of drug-likeness (QED) is 0.315. The van der Waals surface area contributed by atoms with Gasteiger partial charge in [-0.2, -0.15) is 8.78 Å².